The van der Waals surface area contributed by atoms with Crippen LogP contribution in [-0.2, 0) is 0 Å². The van der Waals surface area contributed by atoms with Gasteiger partial charge in [0.05, 0.1) is 5.60 Å². The van der Waals surface area contributed by atoms with E-state index >= 15 is 0 Å². The van der Waals surface area contributed by atoms with Gasteiger partial charge in [-0.25, -0.2) is 0 Å². The Kier molecular flexibility index (Phi) is 5.51. The third kappa shape index (κ3) is 5.56. The highest BCUT2D eigenvalue weighted by molar-refractivity contribution is 4.72. The van der Waals surface area contributed by atoms with Crippen LogP contribution in [0.5, 0.6) is 0 Å². The predicted octanol–water partition coefficient (Wildman–Crippen LogP) is 1.95. The first-order valence-electron chi connectivity index (χ1n) is 4.85. The first-order valence-corrected chi connectivity index (χ1v) is 4.85. The van der Waals surface area contributed by atoms with Crippen LogP contribution in [0.3, 0.4) is 0 Å². The summed E-state index contributed by atoms with van der Waals surface area (Å²) in [6.45, 7) is 6.18. The largest absolute Gasteiger partial charge is 0.396 e. The van der Waals surface area contributed by atoms with Gasteiger partial charge in [-0.15, -0.1) is 0 Å². The van der Waals surface area contributed by atoms with Crippen LogP contribution >= 0.6 is 0 Å². The van der Waals surface area contributed by atoms with Crippen LogP contribution in [0.25, 0.3) is 0 Å². The van der Waals surface area contributed by atoms with E-state index in [1.807, 2.05) is 13.8 Å². The zero-order valence-electron chi connectivity index (χ0n) is 8.51. The normalized spacial score (nSPS) is 18.8. The van der Waals surface area contributed by atoms with Gasteiger partial charge in [-0.05, 0) is 32.1 Å². The zero-order valence-corrected chi connectivity index (χ0v) is 8.51. The smallest absolute Gasteiger partial charge is 0.0619 e. The molecule has 0 aliphatic heterocycles. The zero-order chi connectivity index (χ0) is 9.61. The number of hydrogen-bond donors (Lipinski definition) is 2. The van der Waals surface area contributed by atoms with E-state index < -0.39 is 5.60 Å². The van der Waals surface area contributed by atoms with Crippen molar-refractivity contribution in [2.75, 3.05) is 6.61 Å². The van der Waals surface area contributed by atoms with Crippen molar-refractivity contribution in [3.8, 4) is 0 Å². The summed E-state index contributed by atoms with van der Waals surface area (Å²) in [5.74, 6) is 0.313. The van der Waals surface area contributed by atoms with Gasteiger partial charge in [0.2, 0.25) is 0 Å². The van der Waals surface area contributed by atoms with Crippen molar-refractivity contribution >= 4 is 0 Å². The second kappa shape index (κ2) is 5.55. The van der Waals surface area contributed by atoms with E-state index in [2.05, 4.69) is 6.92 Å². The molecule has 0 saturated carbocycles. The van der Waals surface area contributed by atoms with Gasteiger partial charge in [0.1, 0.15) is 0 Å². The Bertz CT molecular complexity index is 110. The maximum absolute atomic E-state index is 9.78. The second-order valence-corrected chi connectivity index (χ2v) is 4.07. The van der Waals surface area contributed by atoms with Crippen LogP contribution in [0.4, 0.5) is 0 Å². The van der Waals surface area contributed by atoms with E-state index in [1.54, 1.807) is 0 Å². The lowest BCUT2D eigenvalue weighted by molar-refractivity contribution is 0.0327. The molecule has 0 aliphatic carbocycles. The van der Waals surface area contributed by atoms with Crippen molar-refractivity contribution in [2.45, 2.75) is 52.1 Å². The molecule has 2 heteroatoms. The molecule has 0 amide bonds. The minimum atomic E-state index is -0.530. The van der Waals surface area contributed by atoms with Crippen LogP contribution in [0.1, 0.15) is 46.5 Å². The summed E-state index contributed by atoms with van der Waals surface area (Å²) >= 11 is 0. The van der Waals surface area contributed by atoms with E-state index in [0.29, 0.717) is 5.92 Å². The van der Waals surface area contributed by atoms with Crippen molar-refractivity contribution in [2.24, 2.45) is 5.92 Å². The van der Waals surface area contributed by atoms with Gasteiger partial charge < -0.3 is 10.2 Å². The van der Waals surface area contributed by atoms with Crippen molar-refractivity contribution in [1.82, 2.24) is 0 Å². The molecule has 0 fully saturated rings. The quantitative estimate of drug-likeness (QED) is 0.646. The molecule has 0 aromatic heterocycles. The fourth-order valence-electron chi connectivity index (χ4n) is 1.31. The van der Waals surface area contributed by atoms with Crippen molar-refractivity contribution in [3.63, 3.8) is 0 Å². The molecule has 2 atom stereocenters. The topological polar surface area (TPSA) is 40.5 Å². The van der Waals surface area contributed by atoms with E-state index in [-0.39, 0.29) is 6.61 Å². The fourth-order valence-corrected chi connectivity index (χ4v) is 1.31. The number of rotatable bonds is 6. The van der Waals surface area contributed by atoms with Gasteiger partial charge in [0.25, 0.3) is 0 Å². The lowest BCUT2D eigenvalue weighted by atomic mass is 9.91. The summed E-state index contributed by atoms with van der Waals surface area (Å²) in [5.41, 5.74) is -0.530. The third-order valence-electron chi connectivity index (χ3n) is 2.28. The van der Waals surface area contributed by atoms with Gasteiger partial charge in [-0.2, -0.15) is 0 Å². The van der Waals surface area contributed by atoms with Crippen molar-refractivity contribution in [3.05, 3.63) is 0 Å². The van der Waals surface area contributed by atoms with Crippen molar-refractivity contribution < 1.29 is 10.2 Å². The molecule has 0 radical (unpaired) electrons. The molecule has 0 spiro atoms. The number of hydrogen-bond acceptors (Lipinski definition) is 2. The summed E-state index contributed by atoms with van der Waals surface area (Å²) in [6, 6.07) is 0. The fraction of sp³-hybridized carbons (Fsp3) is 1.00. The van der Waals surface area contributed by atoms with E-state index in [4.69, 9.17) is 5.11 Å². The third-order valence-corrected chi connectivity index (χ3v) is 2.28. The molecule has 0 rings (SSSR count). The van der Waals surface area contributed by atoms with Gasteiger partial charge in [0, 0.05) is 6.61 Å². The highest BCUT2D eigenvalue weighted by atomic mass is 16.3. The van der Waals surface area contributed by atoms with Crippen LogP contribution in [0.2, 0.25) is 0 Å². The van der Waals surface area contributed by atoms with E-state index in [1.165, 1.54) is 0 Å². The average molecular weight is 174 g/mol. The maximum atomic E-state index is 9.78. The minimum absolute atomic E-state index is 0.224. The number of aliphatic hydroxyl groups is 2. The van der Waals surface area contributed by atoms with Crippen molar-refractivity contribution in [1.29, 1.82) is 0 Å². The molecule has 0 aromatic rings. The SMILES string of the molecule is CCCC(C)(O)CCC(C)CO. The Morgan fingerprint density at radius 1 is 1.33 bits per heavy atom. The summed E-state index contributed by atoms with van der Waals surface area (Å²) in [7, 11) is 0. The molecule has 0 saturated heterocycles. The maximum Gasteiger partial charge on any atom is 0.0619 e. The second-order valence-electron chi connectivity index (χ2n) is 4.07. The first kappa shape index (κ1) is 11.9. The lowest BCUT2D eigenvalue weighted by Crippen LogP contribution is -2.24. The minimum Gasteiger partial charge on any atom is -0.396 e. The van der Waals surface area contributed by atoms with Gasteiger partial charge in [-0.3, -0.25) is 0 Å². The molecular formula is C10H22O2. The summed E-state index contributed by atoms with van der Waals surface area (Å²) in [6.07, 6.45) is 3.57. The molecule has 0 aliphatic rings. The Morgan fingerprint density at radius 2 is 1.92 bits per heavy atom. The molecule has 0 aromatic carbocycles. The van der Waals surface area contributed by atoms with E-state index in [9.17, 15) is 5.11 Å². The summed E-state index contributed by atoms with van der Waals surface area (Å²) < 4.78 is 0. The lowest BCUT2D eigenvalue weighted by Gasteiger charge is -2.23. The molecule has 0 bridgehead atoms. The molecule has 2 nitrogen and oxygen atoms in total. The standard InChI is InChI=1S/C10H22O2/c1-4-6-10(3,12)7-5-9(2)8-11/h9,11-12H,4-8H2,1-3H3. The van der Waals surface area contributed by atoms with Crippen LogP contribution < -0.4 is 0 Å². The Labute approximate surface area is 75.6 Å². The van der Waals surface area contributed by atoms with Gasteiger partial charge >= 0.3 is 0 Å². The van der Waals surface area contributed by atoms with Gasteiger partial charge in [-0.1, -0.05) is 20.3 Å². The number of aliphatic hydroxyl groups excluding tert-OH is 1. The van der Waals surface area contributed by atoms with Crippen LogP contribution in [0.15, 0.2) is 0 Å². The highest BCUT2D eigenvalue weighted by Crippen LogP contribution is 2.20. The highest BCUT2D eigenvalue weighted by Gasteiger charge is 2.19. The Balaban J connectivity index is 3.59. The van der Waals surface area contributed by atoms with Gasteiger partial charge in [0.15, 0.2) is 0 Å². The van der Waals surface area contributed by atoms with Crippen LogP contribution in [-0.4, -0.2) is 22.4 Å². The first-order chi connectivity index (χ1) is 5.52. The predicted molar refractivity (Wildman–Crippen MR) is 51.0 cm³/mol. The Hall–Kier alpha value is -0.0800. The molecule has 0 heterocycles. The molecule has 2 N–H and O–H groups in total. The van der Waals surface area contributed by atoms with Crippen LogP contribution in [0, 0.1) is 5.92 Å². The molecule has 12 heavy (non-hydrogen) atoms. The average Bonchev–Trinajstić information content (AvgIpc) is 2.00. The summed E-state index contributed by atoms with van der Waals surface area (Å²) in [4.78, 5) is 0. The van der Waals surface area contributed by atoms with E-state index in [0.717, 1.165) is 25.7 Å². The monoisotopic (exact) mass is 174 g/mol. The molecular weight excluding hydrogens is 152 g/mol. The Morgan fingerprint density at radius 3 is 2.33 bits per heavy atom. The summed E-state index contributed by atoms with van der Waals surface area (Å²) in [5, 5.41) is 18.6. The molecule has 74 valence electrons. The molecule has 2 unspecified atom stereocenters.